The predicted octanol–water partition coefficient (Wildman–Crippen LogP) is 5.89. The molecule has 0 aliphatic rings. The van der Waals surface area contributed by atoms with Crippen molar-refractivity contribution in [3.05, 3.63) is 101 Å². The minimum absolute atomic E-state index is 0.114. The van der Waals surface area contributed by atoms with Crippen LogP contribution in [-0.2, 0) is 12.6 Å². The number of nitrogens with two attached hydrogens (primary N) is 1. The van der Waals surface area contributed by atoms with Crippen molar-refractivity contribution in [3.8, 4) is 0 Å². The number of amides is 2. The summed E-state index contributed by atoms with van der Waals surface area (Å²) in [5.41, 5.74) is 6.81. The molecule has 0 spiro atoms. The minimum Gasteiger partial charge on any atom is -0.350 e. The minimum atomic E-state index is -4.49. The van der Waals surface area contributed by atoms with Gasteiger partial charge in [-0.15, -0.1) is 0 Å². The molecule has 3 rings (SSSR count). The molecule has 4 nitrogen and oxygen atoms in total. The van der Waals surface area contributed by atoms with Crippen LogP contribution in [0.4, 0.5) is 23.7 Å². The van der Waals surface area contributed by atoms with Gasteiger partial charge in [-0.25, -0.2) is 4.79 Å². The summed E-state index contributed by atoms with van der Waals surface area (Å²) in [6.07, 6.45) is -4.13. The smallest absolute Gasteiger partial charge is 0.350 e. The van der Waals surface area contributed by atoms with Crippen molar-refractivity contribution in [2.45, 2.75) is 12.6 Å². The lowest BCUT2D eigenvalue weighted by atomic mass is 10.0. The average Bonchev–Trinajstić information content (AvgIpc) is 2.71. The van der Waals surface area contributed by atoms with E-state index in [-0.39, 0.29) is 5.69 Å². The molecule has 3 aromatic rings. The highest BCUT2D eigenvalue weighted by Crippen LogP contribution is 2.30. The molecule has 0 fully saturated rings. The number of alkyl halides is 3. The molecule has 3 aromatic carbocycles. The molecule has 30 heavy (non-hydrogen) atoms. The Kier molecular flexibility index (Phi) is 6.42. The van der Waals surface area contributed by atoms with Gasteiger partial charge in [0.25, 0.3) is 0 Å². The first kappa shape index (κ1) is 21.4. The number of rotatable bonds is 5. The molecule has 0 bridgehead atoms. The van der Waals surface area contributed by atoms with E-state index in [1.54, 1.807) is 24.3 Å². The Labute approximate surface area is 176 Å². The monoisotopic (exact) mass is 431 g/mol. The Bertz CT molecular complexity index is 1050. The maximum atomic E-state index is 12.8. The second kappa shape index (κ2) is 9.00. The topological polar surface area (TPSA) is 58.7 Å². The van der Waals surface area contributed by atoms with Crippen LogP contribution in [0, 0.1) is 0 Å². The van der Waals surface area contributed by atoms with Gasteiger partial charge in [-0.1, -0.05) is 54.1 Å². The highest BCUT2D eigenvalue weighted by molar-refractivity contribution is 6.31. The van der Waals surface area contributed by atoms with Crippen molar-refractivity contribution in [1.29, 1.82) is 0 Å². The Morgan fingerprint density at radius 2 is 1.63 bits per heavy atom. The van der Waals surface area contributed by atoms with Crippen LogP contribution < -0.4 is 10.7 Å². The molecule has 2 amide bonds. The molecule has 154 valence electrons. The van der Waals surface area contributed by atoms with E-state index in [4.69, 9.17) is 17.3 Å². The first-order valence-corrected chi connectivity index (χ1v) is 9.26. The summed E-state index contributed by atoms with van der Waals surface area (Å²) in [4.78, 5) is 12.1. The van der Waals surface area contributed by atoms with Crippen LogP contribution in [0.25, 0.3) is 0 Å². The van der Waals surface area contributed by atoms with Crippen LogP contribution >= 0.6 is 11.6 Å². The second-order valence-corrected chi connectivity index (χ2v) is 6.85. The van der Waals surface area contributed by atoms with Crippen molar-refractivity contribution in [3.63, 3.8) is 0 Å². The molecule has 2 N–H and O–H groups in total. The van der Waals surface area contributed by atoms with Gasteiger partial charge in [0.15, 0.2) is 0 Å². The molecular formula is C22H17ClF3N3O. The van der Waals surface area contributed by atoms with Gasteiger partial charge in [0.05, 0.1) is 17.0 Å². The fraction of sp³-hybridized carbons (Fsp3) is 0.0909. The number of carbonyl (C=O) groups is 1. The second-order valence-electron chi connectivity index (χ2n) is 6.41. The first-order chi connectivity index (χ1) is 14.2. The lowest BCUT2D eigenvalue weighted by molar-refractivity contribution is -0.137. The zero-order valence-corrected chi connectivity index (χ0v) is 16.4. The number of carbonyl (C=O) groups excluding carboxylic acids is 1. The van der Waals surface area contributed by atoms with E-state index >= 15 is 0 Å². The van der Waals surface area contributed by atoms with Crippen molar-refractivity contribution in [2.24, 2.45) is 10.8 Å². The third-order valence-electron chi connectivity index (χ3n) is 4.24. The zero-order chi connectivity index (χ0) is 21.7. The third-order valence-corrected chi connectivity index (χ3v) is 4.48. The van der Waals surface area contributed by atoms with Gasteiger partial charge in [-0.05, 0) is 47.5 Å². The molecule has 0 aliphatic carbocycles. The van der Waals surface area contributed by atoms with Crippen LogP contribution in [0.1, 0.15) is 16.7 Å². The van der Waals surface area contributed by atoms with Gasteiger partial charge < -0.3 is 5.73 Å². The SMILES string of the molecule is NC(=O)N(/N=C(/Cc1ccccc1)c1cccc(Cl)c1)c1ccc(C(F)(F)F)cc1. The van der Waals surface area contributed by atoms with E-state index in [2.05, 4.69) is 5.10 Å². The largest absolute Gasteiger partial charge is 0.416 e. The molecule has 0 radical (unpaired) electrons. The van der Waals surface area contributed by atoms with Gasteiger partial charge in [-0.3, -0.25) is 0 Å². The summed E-state index contributed by atoms with van der Waals surface area (Å²) in [5, 5.41) is 5.73. The molecule has 0 aliphatic heterocycles. The van der Waals surface area contributed by atoms with Crippen molar-refractivity contribution in [2.75, 3.05) is 5.01 Å². The van der Waals surface area contributed by atoms with Crippen LogP contribution in [0.15, 0.2) is 84.0 Å². The molecule has 0 unspecified atom stereocenters. The number of benzene rings is 3. The lowest BCUT2D eigenvalue weighted by Crippen LogP contribution is -2.32. The highest BCUT2D eigenvalue weighted by atomic mass is 35.5. The summed E-state index contributed by atoms with van der Waals surface area (Å²) in [6.45, 7) is 0. The number of anilines is 1. The fourth-order valence-corrected chi connectivity index (χ4v) is 2.99. The van der Waals surface area contributed by atoms with Gasteiger partial charge in [0.1, 0.15) is 0 Å². The average molecular weight is 432 g/mol. The molecule has 0 aromatic heterocycles. The zero-order valence-electron chi connectivity index (χ0n) is 15.6. The Hall–Kier alpha value is -3.32. The van der Waals surface area contributed by atoms with E-state index in [0.717, 1.165) is 34.8 Å². The number of nitrogens with zero attached hydrogens (tertiary/aromatic N) is 2. The summed E-state index contributed by atoms with van der Waals surface area (Å²) >= 11 is 6.10. The van der Waals surface area contributed by atoms with Crippen molar-refractivity contribution < 1.29 is 18.0 Å². The van der Waals surface area contributed by atoms with E-state index in [0.29, 0.717) is 22.7 Å². The Morgan fingerprint density at radius 3 is 2.20 bits per heavy atom. The van der Waals surface area contributed by atoms with E-state index in [1.807, 2.05) is 30.3 Å². The number of hydrogen-bond acceptors (Lipinski definition) is 2. The number of halogens is 4. The maximum Gasteiger partial charge on any atom is 0.416 e. The van der Waals surface area contributed by atoms with Crippen LogP contribution in [0.5, 0.6) is 0 Å². The summed E-state index contributed by atoms with van der Waals surface area (Å²) in [6, 6.07) is 19.4. The number of urea groups is 1. The molecule has 0 heterocycles. The normalized spacial score (nSPS) is 11.9. The van der Waals surface area contributed by atoms with Crippen LogP contribution in [0.2, 0.25) is 5.02 Å². The van der Waals surface area contributed by atoms with Gasteiger partial charge >= 0.3 is 12.2 Å². The maximum absolute atomic E-state index is 12.8. The summed E-state index contributed by atoms with van der Waals surface area (Å²) in [5.74, 6) is 0. The van der Waals surface area contributed by atoms with Gasteiger partial charge in [0, 0.05) is 11.4 Å². The van der Waals surface area contributed by atoms with Crippen molar-refractivity contribution in [1.82, 2.24) is 0 Å². The molecule has 0 atom stereocenters. The van der Waals surface area contributed by atoms with E-state index in [1.165, 1.54) is 0 Å². The summed E-state index contributed by atoms with van der Waals surface area (Å²) in [7, 11) is 0. The molecule has 8 heteroatoms. The lowest BCUT2D eigenvalue weighted by Gasteiger charge is -2.18. The van der Waals surface area contributed by atoms with E-state index < -0.39 is 17.8 Å². The number of hydrogen-bond donors (Lipinski definition) is 1. The predicted molar refractivity (Wildman–Crippen MR) is 112 cm³/mol. The summed E-state index contributed by atoms with van der Waals surface area (Å²) < 4.78 is 38.5. The van der Waals surface area contributed by atoms with Crippen LogP contribution in [-0.4, -0.2) is 11.7 Å². The third kappa shape index (κ3) is 5.39. The van der Waals surface area contributed by atoms with Gasteiger partial charge in [0.2, 0.25) is 0 Å². The molecule has 0 saturated carbocycles. The molecule has 0 saturated heterocycles. The number of primary amides is 1. The standard InChI is InChI=1S/C22H17ClF3N3O/c23-18-8-4-7-16(14-18)20(13-15-5-2-1-3-6-15)28-29(21(27)30)19-11-9-17(10-12-19)22(24,25)26/h1-12,14H,13H2,(H2,27,30)/b28-20-. The quantitative estimate of drug-likeness (QED) is 0.397. The van der Waals surface area contributed by atoms with Gasteiger partial charge in [-0.2, -0.15) is 23.3 Å². The highest BCUT2D eigenvalue weighted by Gasteiger charge is 2.30. The van der Waals surface area contributed by atoms with Crippen molar-refractivity contribution >= 4 is 29.0 Å². The number of hydrazone groups is 1. The first-order valence-electron chi connectivity index (χ1n) is 8.88. The molecular weight excluding hydrogens is 415 g/mol. The Morgan fingerprint density at radius 1 is 0.967 bits per heavy atom. The van der Waals surface area contributed by atoms with Crippen LogP contribution in [0.3, 0.4) is 0 Å². The fourth-order valence-electron chi connectivity index (χ4n) is 2.80. The van der Waals surface area contributed by atoms with E-state index in [9.17, 15) is 18.0 Å². The Balaban J connectivity index is 2.04.